The SMILES string of the molecule is CC(C)(C)NC(=O)C1CSCN1S(=O)(=O)c1ccc(Cl)c(C(F)(F)F)c1. The molecule has 1 saturated heterocycles. The average molecular weight is 431 g/mol. The number of rotatable bonds is 3. The summed E-state index contributed by atoms with van der Waals surface area (Å²) in [6.45, 7) is 5.25. The number of nitrogens with one attached hydrogen (secondary N) is 1. The van der Waals surface area contributed by atoms with Gasteiger partial charge in [0.15, 0.2) is 0 Å². The van der Waals surface area contributed by atoms with Crippen molar-refractivity contribution in [2.24, 2.45) is 0 Å². The first kappa shape index (κ1) is 21.3. The zero-order valence-corrected chi connectivity index (χ0v) is 16.6. The summed E-state index contributed by atoms with van der Waals surface area (Å²) in [7, 11) is -4.29. The first-order chi connectivity index (χ1) is 11.7. The molecule has 0 aromatic heterocycles. The minimum atomic E-state index is -4.79. The number of thioether (sulfide) groups is 1. The molecule has 1 aliphatic heterocycles. The van der Waals surface area contributed by atoms with Crippen molar-refractivity contribution in [3.05, 3.63) is 28.8 Å². The Morgan fingerprint density at radius 1 is 1.31 bits per heavy atom. The van der Waals surface area contributed by atoms with Crippen molar-refractivity contribution >= 4 is 39.3 Å². The van der Waals surface area contributed by atoms with Gasteiger partial charge in [-0.3, -0.25) is 4.79 Å². The standard InChI is InChI=1S/C15H18ClF3N2O3S2/c1-14(2,3)20-13(22)12-7-25-8-21(12)26(23,24)9-4-5-11(16)10(6-9)15(17,18)19/h4-6,12H,7-8H2,1-3H3,(H,20,22). The third-order valence-electron chi connectivity index (χ3n) is 3.49. The summed E-state index contributed by atoms with van der Waals surface area (Å²) in [5, 5.41) is 2.11. The van der Waals surface area contributed by atoms with Crippen LogP contribution in [0.1, 0.15) is 26.3 Å². The Morgan fingerprint density at radius 3 is 2.46 bits per heavy atom. The van der Waals surface area contributed by atoms with Crippen molar-refractivity contribution in [2.75, 3.05) is 11.6 Å². The minimum Gasteiger partial charge on any atom is -0.350 e. The van der Waals surface area contributed by atoms with Crippen molar-refractivity contribution in [1.82, 2.24) is 9.62 Å². The van der Waals surface area contributed by atoms with Crippen LogP contribution in [0, 0.1) is 0 Å². The molecular weight excluding hydrogens is 413 g/mol. The van der Waals surface area contributed by atoms with E-state index >= 15 is 0 Å². The van der Waals surface area contributed by atoms with E-state index in [2.05, 4.69) is 5.32 Å². The third kappa shape index (κ3) is 4.65. The first-order valence-electron chi connectivity index (χ1n) is 7.52. The Kier molecular flexibility index (Phi) is 5.92. The highest BCUT2D eigenvalue weighted by molar-refractivity contribution is 8.00. The highest BCUT2D eigenvalue weighted by Gasteiger charge is 2.42. The minimum absolute atomic E-state index is 0.0193. The van der Waals surface area contributed by atoms with Crippen molar-refractivity contribution in [1.29, 1.82) is 0 Å². The number of amides is 1. The molecule has 0 bridgehead atoms. The van der Waals surface area contributed by atoms with Gasteiger partial charge >= 0.3 is 6.18 Å². The largest absolute Gasteiger partial charge is 0.417 e. The molecule has 26 heavy (non-hydrogen) atoms. The van der Waals surface area contributed by atoms with Gasteiger partial charge in [-0.1, -0.05) is 11.6 Å². The number of carbonyl (C=O) groups is 1. The van der Waals surface area contributed by atoms with E-state index in [4.69, 9.17) is 11.6 Å². The van der Waals surface area contributed by atoms with Crippen LogP contribution in [0.2, 0.25) is 5.02 Å². The molecule has 1 fully saturated rings. The van der Waals surface area contributed by atoms with Gasteiger partial charge in [0.1, 0.15) is 6.04 Å². The van der Waals surface area contributed by atoms with Crippen molar-refractivity contribution in [3.63, 3.8) is 0 Å². The summed E-state index contributed by atoms with van der Waals surface area (Å²) in [6, 6.07) is 1.41. The Labute approximate surface area is 159 Å². The predicted molar refractivity (Wildman–Crippen MR) is 94.5 cm³/mol. The Balaban J connectivity index is 2.39. The number of alkyl halides is 3. The van der Waals surface area contributed by atoms with Crippen LogP contribution in [-0.4, -0.2) is 41.8 Å². The summed E-state index contributed by atoms with van der Waals surface area (Å²) < 4.78 is 65.6. The number of nitrogens with zero attached hydrogens (tertiary/aromatic N) is 1. The summed E-state index contributed by atoms with van der Waals surface area (Å²) in [6.07, 6.45) is -4.79. The van der Waals surface area contributed by atoms with Gasteiger partial charge in [0, 0.05) is 11.3 Å². The molecule has 1 unspecified atom stereocenters. The molecule has 1 heterocycles. The molecule has 0 saturated carbocycles. The maximum atomic E-state index is 13.0. The fourth-order valence-corrected chi connectivity index (χ4v) is 5.74. The number of hydrogen-bond acceptors (Lipinski definition) is 4. The number of sulfonamides is 1. The molecule has 1 amide bonds. The first-order valence-corrected chi connectivity index (χ1v) is 10.5. The summed E-state index contributed by atoms with van der Waals surface area (Å²) in [4.78, 5) is 11.8. The molecule has 1 N–H and O–H groups in total. The Morgan fingerprint density at radius 2 is 1.92 bits per heavy atom. The molecule has 1 aromatic carbocycles. The van der Waals surface area contributed by atoms with Gasteiger partial charge in [0.05, 0.1) is 21.4 Å². The zero-order chi connectivity index (χ0) is 19.9. The molecule has 1 aromatic rings. The molecule has 2 rings (SSSR count). The summed E-state index contributed by atoms with van der Waals surface area (Å²) in [5.41, 5.74) is -1.80. The molecule has 11 heteroatoms. The van der Waals surface area contributed by atoms with E-state index in [0.29, 0.717) is 6.07 Å². The fourth-order valence-electron chi connectivity index (χ4n) is 2.34. The molecule has 0 radical (unpaired) electrons. The van der Waals surface area contributed by atoms with E-state index in [0.717, 1.165) is 16.4 Å². The summed E-state index contributed by atoms with van der Waals surface area (Å²) >= 11 is 6.76. The molecule has 1 atom stereocenters. The number of carbonyl (C=O) groups excluding carboxylic acids is 1. The molecule has 1 aliphatic rings. The van der Waals surface area contributed by atoms with Crippen LogP contribution in [0.3, 0.4) is 0 Å². The number of hydrogen-bond donors (Lipinski definition) is 1. The van der Waals surface area contributed by atoms with Gasteiger partial charge in [-0.15, -0.1) is 11.8 Å². The topological polar surface area (TPSA) is 66.5 Å². The van der Waals surface area contributed by atoms with Crippen LogP contribution in [0.25, 0.3) is 0 Å². The van der Waals surface area contributed by atoms with Crippen molar-refractivity contribution in [3.8, 4) is 0 Å². The van der Waals surface area contributed by atoms with Crippen molar-refractivity contribution < 1.29 is 26.4 Å². The summed E-state index contributed by atoms with van der Waals surface area (Å²) in [5.74, 6) is -0.286. The van der Waals surface area contributed by atoms with Crippen molar-refractivity contribution in [2.45, 2.75) is 43.4 Å². The van der Waals surface area contributed by atoms with Crippen LogP contribution < -0.4 is 5.32 Å². The second-order valence-corrected chi connectivity index (χ2v) is 10.1. The average Bonchev–Trinajstić information content (AvgIpc) is 2.94. The second kappa shape index (κ2) is 7.21. The lowest BCUT2D eigenvalue weighted by Crippen LogP contribution is -2.52. The number of benzene rings is 1. The van der Waals surface area contributed by atoms with Crippen LogP contribution in [0.15, 0.2) is 23.1 Å². The van der Waals surface area contributed by atoms with Crippen LogP contribution in [0.4, 0.5) is 13.2 Å². The smallest absolute Gasteiger partial charge is 0.350 e. The van der Waals surface area contributed by atoms with Gasteiger partial charge < -0.3 is 5.32 Å². The maximum absolute atomic E-state index is 13.0. The maximum Gasteiger partial charge on any atom is 0.417 e. The van der Waals surface area contributed by atoms with E-state index in [1.165, 1.54) is 11.8 Å². The van der Waals surface area contributed by atoms with Gasteiger partial charge in [0.2, 0.25) is 15.9 Å². The fraction of sp³-hybridized carbons (Fsp3) is 0.533. The Hall–Kier alpha value is -0.970. The molecule has 146 valence electrons. The second-order valence-electron chi connectivity index (χ2n) is 6.79. The van der Waals surface area contributed by atoms with E-state index in [-0.39, 0.29) is 11.6 Å². The molecule has 0 aliphatic carbocycles. The van der Waals surface area contributed by atoms with Gasteiger partial charge in [-0.05, 0) is 39.0 Å². The predicted octanol–water partition coefficient (Wildman–Crippen LogP) is 3.34. The van der Waals surface area contributed by atoms with E-state index in [1.54, 1.807) is 20.8 Å². The van der Waals surface area contributed by atoms with Crippen LogP contribution >= 0.6 is 23.4 Å². The van der Waals surface area contributed by atoms with Gasteiger partial charge in [-0.2, -0.15) is 17.5 Å². The molecular formula is C15H18ClF3N2O3S2. The monoisotopic (exact) mass is 430 g/mol. The highest BCUT2D eigenvalue weighted by atomic mass is 35.5. The lowest BCUT2D eigenvalue weighted by atomic mass is 10.1. The lowest BCUT2D eigenvalue weighted by Gasteiger charge is -2.27. The quantitative estimate of drug-likeness (QED) is 0.798. The lowest BCUT2D eigenvalue weighted by molar-refractivity contribution is -0.137. The van der Waals surface area contributed by atoms with Gasteiger partial charge in [0.25, 0.3) is 0 Å². The van der Waals surface area contributed by atoms with E-state index in [1.807, 2.05) is 0 Å². The Bertz CT molecular complexity index is 807. The number of halogens is 4. The van der Waals surface area contributed by atoms with Gasteiger partial charge in [-0.25, -0.2) is 8.42 Å². The zero-order valence-electron chi connectivity index (χ0n) is 14.2. The van der Waals surface area contributed by atoms with E-state index in [9.17, 15) is 26.4 Å². The normalized spacial score (nSPS) is 19.6. The van der Waals surface area contributed by atoms with E-state index < -0.39 is 49.2 Å². The highest BCUT2D eigenvalue weighted by Crippen LogP contribution is 2.37. The molecule has 0 spiro atoms. The van der Waals surface area contributed by atoms with Crippen LogP contribution in [-0.2, 0) is 21.0 Å². The molecule has 5 nitrogen and oxygen atoms in total. The third-order valence-corrected chi connectivity index (χ3v) is 6.85. The van der Waals surface area contributed by atoms with Crippen LogP contribution in [0.5, 0.6) is 0 Å².